The van der Waals surface area contributed by atoms with Crippen LogP contribution in [-0.4, -0.2) is 31.1 Å². The lowest BCUT2D eigenvalue weighted by molar-refractivity contribution is 0.240. The predicted molar refractivity (Wildman–Crippen MR) is 77.4 cm³/mol. The van der Waals surface area contributed by atoms with Gasteiger partial charge in [0.1, 0.15) is 5.75 Å². The number of nitrogens with zero attached hydrogens (tertiary/aromatic N) is 1. The van der Waals surface area contributed by atoms with Gasteiger partial charge < -0.3 is 10.5 Å². The van der Waals surface area contributed by atoms with Crippen molar-refractivity contribution in [2.45, 2.75) is 32.2 Å². The van der Waals surface area contributed by atoms with Crippen LogP contribution < -0.4 is 10.5 Å². The van der Waals surface area contributed by atoms with E-state index < -0.39 is 0 Å². The number of benzene rings is 1. The van der Waals surface area contributed by atoms with Gasteiger partial charge >= 0.3 is 0 Å². The highest BCUT2D eigenvalue weighted by atomic mass is 16.5. The summed E-state index contributed by atoms with van der Waals surface area (Å²) in [5.74, 6) is 1.92. The first-order valence-electron chi connectivity index (χ1n) is 7.51. The molecule has 3 nitrogen and oxygen atoms in total. The summed E-state index contributed by atoms with van der Waals surface area (Å²) in [5.41, 5.74) is 8.76. The smallest absolute Gasteiger partial charge is 0.122 e. The summed E-state index contributed by atoms with van der Waals surface area (Å²) in [6, 6.07) is 7.00. The molecule has 1 fully saturated rings. The molecular formula is C16H24N2O. The maximum absolute atomic E-state index is 6.04. The van der Waals surface area contributed by atoms with Crippen LogP contribution in [0.15, 0.2) is 18.2 Å². The minimum absolute atomic E-state index is 0.377. The number of likely N-dealkylation sites (tertiary alicyclic amines) is 1. The van der Waals surface area contributed by atoms with Crippen molar-refractivity contribution < 1.29 is 4.74 Å². The molecule has 1 aromatic carbocycles. The van der Waals surface area contributed by atoms with Gasteiger partial charge in [0.15, 0.2) is 0 Å². The van der Waals surface area contributed by atoms with E-state index in [-0.39, 0.29) is 0 Å². The Morgan fingerprint density at radius 2 is 2.37 bits per heavy atom. The first kappa shape index (κ1) is 12.9. The molecule has 104 valence electrons. The summed E-state index contributed by atoms with van der Waals surface area (Å²) in [6.07, 6.45) is 3.64. The summed E-state index contributed by atoms with van der Waals surface area (Å²) in [5, 5.41) is 0. The minimum Gasteiger partial charge on any atom is -0.493 e. The van der Waals surface area contributed by atoms with Gasteiger partial charge in [-0.25, -0.2) is 0 Å². The largest absolute Gasteiger partial charge is 0.493 e. The number of hydrogen-bond donors (Lipinski definition) is 1. The lowest BCUT2D eigenvalue weighted by Gasteiger charge is -2.27. The predicted octanol–water partition coefficient (Wildman–Crippen LogP) is 2.35. The fraction of sp³-hybridized carbons (Fsp3) is 0.625. The Balaban J connectivity index is 1.79. The summed E-state index contributed by atoms with van der Waals surface area (Å²) in [4.78, 5) is 2.56. The van der Waals surface area contributed by atoms with Gasteiger partial charge in [0.2, 0.25) is 0 Å². The maximum Gasteiger partial charge on any atom is 0.122 e. The van der Waals surface area contributed by atoms with Gasteiger partial charge in [0.25, 0.3) is 0 Å². The van der Waals surface area contributed by atoms with Crippen molar-refractivity contribution in [3.63, 3.8) is 0 Å². The fourth-order valence-corrected chi connectivity index (χ4v) is 3.39. The van der Waals surface area contributed by atoms with Crippen LogP contribution in [0.5, 0.6) is 5.75 Å². The number of rotatable bonds is 4. The van der Waals surface area contributed by atoms with Crippen molar-refractivity contribution in [2.75, 3.05) is 26.2 Å². The molecule has 0 aromatic heterocycles. The lowest BCUT2D eigenvalue weighted by Crippen LogP contribution is -2.32. The van der Waals surface area contributed by atoms with Crippen molar-refractivity contribution >= 4 is 0 Å². The Labute approximate surface area is 115 Å². The van der Waals surface area contributed by atoms with Gasteiger partial charge in [-0.2, -0.15) is 0 Å². The zero-order valence-electron chi connectivity index (χ0n) is 11.8. The van der Waals surface area contributed by atoms with Crippen LogP contribution in [0.25, 0.3) is 0 Å². The number of fused-ring (bicyclic) bond motifs is 1. The molecule has 2 unspecified atom stereocenters. The minimum atomic E-state index is 0.377. The number of ether oxygens (including phenoxy) is 1. The number of nitrogens with two attached hydrogens (primary N) is 1. The van der Waals surface area contributed by atoms with E-state index in [1.54, 1.807) is 0 Å². The van der Waals surface area contributed by atoms with Crippen LogP contribution in [0.4, 0.5) is 0 Å². The fourth-order valence-electron chi connectivity index (χ4n) is 3.39. The van der Waals surface area contributed by atoms with Crippen LogP contribution in [-0.2, 0) is 6.42 Å². The van der Waals surface area contributed by atoms with Gasteiger partial charge in [0, 0.05) is 25.6 Å². The highest BCUT2D eigenvalue weighted by Crippen LogP contribution is 2.32. The Bertz CT molecular complexity index is 446. The summed E-state index contributed by atoms with van der Waals surface area (Å²) >= 11 is 0. The number of hydrogen-bond acceptors (Lipinski definition) is 3. The molecule has 2 atom stereocenters. The second-order valence-corrected chi connectivity index (χ2v) is 5.78. The molecular weight excluding hydrogens is 236 g/mol. The standard InChI is InChI=1S/C16H24N2O/c1-2-12-5-7-18(11-12)15(10-17)13-3-4-16-14(9-13)6-8-19-16/h3-4,9,12,15H,2,5-8,10-11,17H2,1H3. The van der Waals surface area contributed by atoms with Crippen LogP contribution in [0, 0.1) is 5.92 Å². The molecule has 0 saturated carbocycles. The summed E-state index contributed by atoms with van der Waals surface area (Å²) in [6.45, 7) is 6.21. The third-order valence-electron chi connectivity index (χ3n) is 4.66. The molecule has 0 amide bonds. The second-order valence-electron chi connectivity index (χ2n) is 5.78. The molecule has 0 aliphatic carbocycles. The van der Waals surface area contributed by atoms with Gasteiger partial charge in [-0.05, 0) is 36.1 Å². The van der Waals surface area contributed by atoms with Crippen LogP contribution >= 0.6 is 0 Å². The Morgan fingerprint density at radius 1 is 1.47 bits per heavy atom. The Morgan fingerprint density at radius 3 is 3.11 bits per heavy atom. The third kappa shape index (κ3) is 2.49. The summed E-state index contributed by atoms with van der Waals surface area (Å²) in [7, 11) is 0. The Kier molecular flexibility index (Phi) is 3.76. The van der Waals surface area contributed by atoms with E-state index in [9.17, 15) is 0 Å². The topological polar surface area (TPSA) is 38.5 Å². The zero-order valence-corrected chi connectivity index (χ0v) is 11.8. The maximum atomic E-state index is 6.04. The molecule has 0 bridgehead atoms. The highest BCUT2D eigenvalue weighted by molar-refractivity contribution is 5.41. The quantitative estimate of drug-likeness (QED) is 0.903. The average Bonchev–Trinajstić information content (AvgIpc) is 3.07. The molecule has 1 saturated heterocycles. The molecule has 3 heteroatoms. The molecule has 2 aliphatic rings. The Hall–Kier alpha value is -1.06. The van der Waals surface area contributed by atoms with E-state index in [1.807, 2.05) is 0 Å². The lowest BCUT2D eigenvalue weighted by atomic mass is 10.0. The van der Waals surface area contributed by atoms with Gasteiger partial charge in [-0.3, -0.25) is 4.90 Å². The van der Waals surface area contributed by atoms with Crippen molar-refractivity contribution in [1.82, 2.24) is 4.90 Å². The van der Waals surface area contributed by atoms with Crippen LogP contribution in [0.2, 0.25) is 0 Å². The van der Waals surface area contributed by atoms with Crippen LogP contribution in [0.3, 0.4) is 0 Å². The normalized spacial score (nSPS) is 24.2. The zero-order chi connectivity index (χ0) is 13.2. The van der Waals surface area contributed by atoms with E-state index in [2.05, 4.69) is 30.0 Å². The average molecular weight is 260 g/mol. The van der Waals surface area contributed by atoms with Crippen molar-refractivity contribution in [1.29, 1.82) is 0 Å². The molecule has 0 spiro atoms. The van der Waals surface area contributed by atoms with Crippen LogP contribution in [0.1, 0.15) is 36.9 Å². The van der Waals surface area contributed by atoms with E-state index in [4.69, 9.17) is 10.5 Å². The molecule has 2 heterocycles. The van der Waals surface area contributed by atoms with Crippen molar-refractivity contribution in [3.8, 4) is 5.75 Å². The molecule has 2 aliphatic heterocycles. The second kappa shape index (κ2) is 5.51. The van der Waals surface area contributed by atoms with Crippen molar-refractivity contribution in [2.24, 2.45) is 11.7 Å². The molecule has 3 rings (SSSR count). The molecule has 19 heavy (non-hydrogen) atoms. The molecule has 0 radical (unpaired) electrons. The van der Waals surface area contributed by atoms with Gasteiger partial charge in [0.05, 0.1) is 6.61 Å². The van der Waals surface area contributed by atoms with Crippen molar-refractivity contribution in [3.05, 3.63) is 29.3 Å². The SMILES string of the molecule is CCC1CCN(C(CN)c2ccc3c(c2)CCO3)C1. The highest BCUT2D eigenvalue weighted by Gasteiger charge is 2.28. The molecule has 1 aromatic rings. The van der Waals surface area contributed by atoms with E-state index >= 15 is 0 Å². The first-order valence-corrected chi connectivity index (χ1v) is 7.51. The van der Waals surface area contributed by atoms with E-state index in [1.165, 1.54) is 37.1 Å². The van der Waals surface area contributed by atoms with Gasteiger partial charge in [-0.1, -0.05) is 25.5 Å². The molecule has 2 N–H and O–H groups in total. The van der Waals surface area contributed by atoms with E-state index in [0.717, 1.165) is 24.7 Å². The third-order valence-corrected chi connectivity index (χ3v) is 4.66. The first-order chi connectivity index (χ1) is 9.31. The monoisotopic (exact) mass is 260 g/mol. The summed E-state index contributed by atoms with van der Waals surface area (Å²) < 4.78 is 5.58. The van der Waals surface area contributed by atoms with E-state index in [0.29, 0.717) is 12.6 Å². The van der Waals surface area contributed by atoms with Gasteiger partial charge in [-0.15, -0.1) is 0 Å².